The predicted octanol–water partition coefficient (Wildman–Crippen LogP) is 1.35. The minimum atomic E-state index is -1.31. The molecule has 2 unspecified atom stereocenters. The fourth-order valence-electron chi connectivity index (χ4n) is 1.94. The molecule has 1 aromatic rings. The normalized spacial score (nSPS) is 23.8. The standard InChI is InChI=1S/C12H16N2O4S/c1-8(9-2-5-19-6-9)13-11(17)14-12(10(15)16)3-4-18-7-12/h2,5-6,8H,3-4,7H2,1H3,(H,15,16)(H2,13,14,17). The van der Waals surface area contributed by atoms with Crippen LogP contribution in [0.3, 0.4) is 0 Å². The molecule has 19 heavy (non-hydrogen) atoms. The Morgan fingerprint density at radius 2 is 2.37 bits per heavy atom. The van der Waals surface area contributed by atoms with E-state index in [4.69, 9.17) is 4.74 Å². The first-order valence-corrected chi connectivity index (χ1v) is 6.90. The van der Waals surface area contributed by atoms with E-state index in [1.807, 2.05) is 23.8 Å². The van der Waals surface area contributed by atoms with E-state index in [0.29, 0.717) is 6.61 Å². The van der Waals surface area contributed by atoms with Crippen LogP contribution in [0.25, 0.3) is 0 Å². The summed E-state index contributed by atoms with van der Waals surface area (Å²) < 4.78 is 5.08. The minimum absolute atomic E-state index is 0.00256. The molecule has 7 heteroatoms. The maximum atomic E-state index is 11.9. The van der Waals surface area contributed by atoms with Crippen LogP contribution in [0.4, 0.5) is 4.79 Å². The smallest absolute Gasteiger partial charge is 0.332 e. The number of carbonyl (C=O) groups excluding carboxylic acids is 1. The summed E-state index contributed by atoms with van der Waals surface area (Å²) in [4.78, 5) is 23.1. The van der Waals surface area contributed by atoms with Crippen LogP contribution in [0, 0.1) is 0 Å². The molecule has 1 aliphatic rings. The molecule has 0 aliphatic carbocycles. The van der Waals surface area contributed by atoms with Gasteiger partial charge >= 0.3 is 12.0 Å². The molecule has 0 radical (unpaired) electrons. The summed E-state index contributed by atoms with van der Waals surface area (Å²) >= 11 is 1.55. The van der Waals surface area contributed by atoms with Gasteiger partial charge in [-0.1, -0.05) is 0 Å². The Balaban J connectivity index is 1.95. The molecule has 3 N–H and O–H groups in total. The fraction of sp³-hybridized carbons (Fsp3) is 0.500. The second-order valence-corrected chi connectivity index (χ2v) is 5.35. The lowest BCUT2D eigenvalue weighted by atomic mass is 9.99. The third kappa shape index (κ3) is 3.05. The first-order valence-electron chi connectivity index (χ1n) is 5.95. The van der Waals surface area contributed by atoms with Crippen molar-refractivity contribution in [1.82, 2.24) is 10.6 Å². The molecule has 1 fully saturated rings. The van der Waals surface area contributed by atoms with Gasteiger partial charge in [-0.25, -0.2) is 9.59 Å². The number of thiophene rings is 1. The van der Waals surface area contributed by atoms with Crippen molar-refractivity contribution >= 4 is 23.3 Å². The van der Waals surface area contributed by atoms with E-state index in [2.05, 4.69) is 10.6 Å². The zero-order valence-corrected chi connectivity index (χ0v) is 11.3. The van der Waals surface area contributed by atoms with Gasteiger partial charge in [0.05, 0.1) is 12.6 Å². The lowest BCUT2D eigenvalue weighted by molar-refractivity contribution is -0.144. The highest BCUT2D eigenvalue weighted by molar-refractivity contribution is 7.07. The first-order chi connectivity index (χ1) is 9.03. The monoisotopic (exact) mass is 284 g/mol. The number of aliphatic carboxylic acids is 1. The fourth-order valence-corrected chi connectivity index (χ4v) is 2.69. The lowest BCUT2D eigenvalue weighted by Gasteiger charge is -2.25. The van der Waals surface area contributed by atoms with Gasteiger partial charge in [0.15, 0.2) is 5.54 Å². The molecule has 6 nitrogen and oxygen atoms in total. The zero-order chi connectivity index (χ0) is 13.9. The Hall–Kier alpha value is -1.60. The van der Waals surface area contributed by atoms with Gasteiger partial charge in [0, 0.05) is 13.0 Å². The SMILES string of the molecule is CC(NC(=O)NC1(C(=O)O)CCOC1)c1ccsc1. The van der Waals surface area contributed by atoms with E-state index in [1.54, 1.807) is 11.3 Å². The molecule has 0 bridgehead atoms. The largest absolute Gasteiger partial charge is 0.479 e. The number of carboxylic acid groups (broad SMARTS) is 1. The van der Waals surface area contributed by atoms with Crippen LogP contribution in [-0.4, -0.2) is 35.9 Å². The van der Waals surface area contributed by atoms with Gasteiger partial charge in [0.2, 0.25) is 0 Å². The molecule has 1 aromatic heterocycles. The highest BCUT2D eigenvalue weighted by Gasteiger charge is 2.44. The van der Waals surface area contributed by atoms with E-state index in [0.717, 1.165) is 5.56 Å². The van der Waals surface area contributed by atoms with Crippen LogP contribution in [0.5, 0.6) is 0 Å². The van der Waals surface area contributed by atoms with Crippen molar-refractivity contribution in [2.24, 2.45) is 0 Å². The molecule has 2 amide bonds. The molecule has 1 saturated heterocycles. The number of hydrogen-bond donors (Lipinski definition) is 3. The zero-order valence-electron chi connectivity index (χ0n) is 10.5. The first kappa shape index (κ1) is 13.8. The van der Waals surface area contributed by atoms with Crippen molar-refractivity contribution in [2.75, 3.05) is 13.2 Å². The molecule has 104 valence electrons. The topological polar surface area (TPSA) is 87.7 Å². The highest BCUT2D eigenvalue weighted by atomic mass is 32.1. The minimum Gasteiger partial charge on any atom is -0.479 e. The number of urea groups is 1. The summed E-state index contributed by atoms with van der Waals surface area (Å²) in [5.41, 5.74) is -0.314. The van der Waals surface area contributed by atoms with Crippen LogP contribution in [0.15, 0.2) is 16.8 Å². The number of carbonyl (C=O) groups is 2. The summed E-state index contributed by atoms with van der Waals surface area (Å²) in [5.74, 6) is -1.07. The Morgan fingerprint density at radius 3 is 2.89 bits per heavy atom. The number of ether oxygens (including phenoxy) is 1. The maximum Gasteiger partial charge on any atom is 0.332 e. The van der Waals surface area contributed by atoms with Gasteiger partial charge in [-0.3, -0.25) is 0 Å². The van der Waals surface area contributed by atoms with Gasteiger partial charge in [-0.15, -0.1) is 0 Å². The van der Waals surface area contributed by atoms with Gasteiger partial charge in [0.1, 0.15) is 0 Å². The van der Waals surface area contributed by atoms with Crippen molar-refractivity contribution in [3.8, 4) is 0 Å². The molecule has 0 saturated carbocycles. The number of nitrogens with one attached hydrogen (secondary N) is 2. The van der Waals surface area contributed by atoms with Crippen molar-refractivity contribution in [3.05, 3.63) is 22.4 Å². The lowest BCUT2D eigenvalue weighted by Crippen LogP contribution is -2.57. The molecular formula is C12H16N2O4S. The summed E-state index contributed by atoms with van der Waals surface area (Å²) in [6, 6.07) is 1.26. The number of hydrogen-bond acceptors (Lipinski definition) is 4. The molecule has 0 aromatic carbocycles. The van der Waals surface area contributed by atoms with E-state index in [1.165, 1.54) is 0 Å². The molecule has 1 aliphatic heterocycles. The predicted molar refractivity (Wildman–Crippen MR) is 70.2 cm³/mol. The van der Waals surface area contributed by atoms with Gasteiger partial charge in [-0.05, 0) is 29.3 Å². The summed E-state index contributed by atoms with van der Waals surface area (Å²) in [5, 5.41) is 18.3. The Kier molecular flexibility index (Phi) is 4.06. The second kappa shape index (κ2) is 5.58. The van der Waals surface area contributed by atoms with Gasteiger partial charge < -0.3 is 20.5 Å². The van der Waals surface area contributed by atoms with Gasteiger partial charge in [0.25, 0.3) is 0 Å². The van der Waals surface area contributed by atoms with Crippen molar-refractivity contribution in [2.45, 2.75) is 24.9 Å². The molecule has 2 rings (SSSR count). The molecular weight excluding hydrogens is 268 g/mol. The number of amides is 2. The quantitative estimate of drug-likeness (QED) is 0.779. The average Bonchev–Trinajstić information content (AvgIpc) is 2.99. The highest BCUT2D eigenvalue weighted by Crippen LogP contribution is 2.20. The molecule has 2 heterocycles. The Morgan fingerprint density at radius 1 is 1.58 bits per heavy atom. The maximum absolute atomic E-state index is 11.9. The third-order valence-electron chi connectivity index (χ3n) is 3.17. The molecule has 2 atom stereocenters. The van der Waals surface area contributed by atoms with E-state index < -0.39 is 17.5 Å². The van der Waals surface area contributed by atoms with Crippen LogP contribution >= 0.6 is 11.3 Å². The van der Waals surface area contributed by atoms with Crippen molar-refractivity contribution in [1.29, 1.82) is 0 Å². The van der Waals surface area contributed by atoms with Gasteiger partial charge in [-0.2, -0.15) is 11.3 Å². The van der Waals surface area contributed by atoms with Crippen molar-refractivity contribution in [3.63, 3.8) is 0 Å². The number of rotatable bonds is 4. The number of carboxylic acids is 1. The Bertz CT molecular complexity index is 454. The summed E-state index contributed by atoms with van der Waals surface area (Å²) in [6.45, 7) is 2.19. The second-order valence-electron chi connectivity index (χ2n) is 4.57. The van der Waals surface area contributed by atoms with Crippen molar-refractivity contribution < 1.29 is 19.4 Å². The van der Waals surface area contributed by atoms with Crippen LogP contribution in [-0.2, 0) is 9.53 Å². The van der Waals surface area contributed by atoms with Crippen LogP contribution in [0.1, 0.15) is 24.9 Å². The van der Waals surface area contributed by atoms with E-state index in [9.17, 15) is 14.7 Å². The van der Waals surface area contributed by atoms with E-state index in [-0.39, 0.29) is 19.1 Å². The summed E-state index contributed by atoms with van der Waals surface area (Å²) in [6.07, 6.45) is 0.280. The Labute approximate surface area is 114 Å². The van der Waals surface area contributed by atoms with Crippen LogP contribution < -0.4 is 10.6 Å². The average molecular weight is 284 g/mol. The van der Waals surface area contributed by atoms with Crippen LogP contribution in [0.2, 0.25) is 0 Å². The third-order valence-corrected chi connectivity index (χ3v) is 3.88. The summed E-state index contributed by atoms with van der Waals surface area (Å²) in [7, 11) is 0. The van der Waals surface area contributed by atoms with E-state index >= 15 is 0 Å². The molecule has 0 spiro atoms.